The first-order valence-electron chi connectivity index (χ1n) is 6.12. The SMILES string of the molecule is COC(CN)c1nc(C2Cc3ccccc3O2)no1. The number of fused-ring (bicyclic) bond motifs is 1. The summed E-state index contributed by atoms with van der Waals surface area (Å²) in [6.07, 6.45) is 0.172. The number of nitrogens with two attached hydrogens (primary N) is 1. The fraction of sp³-hybridized carbons (Fsp3) is 0.385. The average Bonchev–Trinajstić information content (AvgIpc) is 3.06. The largest absolute Gasteiger partial charge is 0.482 e. The molecular formula is C13H15N3O3. The molecule has 0 spiro atoms. The van der Waals surface area contributed by atoms with Crippen LogP contribution in [0, 0.1) is 0 Å². The first kappa shape index (κ1) is 12.1. The summed E-state index contributed by atoms with van der Waals surface area (Å²) in [4.78, 5) is 4.31. The third kappa shape index (κ3) is 2.20. The molecule has 2 N–H and O–H groups in total. The molecule has 100 valence electrons. The second-order valence-electron chi connectivity index (χ2n) is 4.37. The molecule has 0 aliphatic carbocycles. The Morgan fingerprint density at radius 1 is 1.47 bits per heavy atom. The second kappa shape index (κ2) is 4.99. The minimum atomic E-state index is -0.370. The van der Waals surface area contributed by atoms with E-state index in [2.05, 4.69) is 10.1 Å². The van der Waals surface area contributed by atoms with Gasteiger partial charge >= 0.3 is 0 Å². The normalized spacial score (nSPS) is 18.9. The Kier molecular flexibility index (Phi) is 3.18. The lowest BCUT2D eigenvalue weighted by Crippen LogP contribution is -2.15. The van der Waals surface area contributed by atoms with Crippen LogP contribution in [0.2, 0.25) is 0 Å². The number of rotatable bonds is 4. The van der Waals surface area contributed by atoms with Crippen molar-refractivity contribution in [3.8, 4) is 5.75 Å². The van der Waals surface area contributed by atoms with Crippen molar-refractivity contribution in [2.75, 3.05) is 13.7 Å². The molecule has 1 aromatic heterocycles. The van der Waals surface area contributed by atoms with Gasteiger partial charge in [0.2, 0.25) is 5.82 Å². The number of hydrogen-bond donors (Lipinski definition) is 1. The molecule has 2 aromatic rings. The molecule has 2 atom stereocenters. The number of ether oxygens (including phenoxy) is 2. The minimum absolute atomic E-state index is 0.204. The van der Waals surface area contributed by atoms with Crippen LogP contribution in [0.25, 0.3) is 0 Å². The molecule has 1 aromatic carbocycles. The van der Waals surface area contributed by atoms with E-state index < -0.39 is 0 Å². The van der Waals surface area contributed by atoms with E-state index in [1.54, 1.807) is 7.11 Å². The van der Waals surface area contributed by atoms with Crippen molar-refractivity contribution in [1.82, 2.24) is 10.1 Å². The average molecular weight is 261 g/mol. The number of hydrogen-bond acceptors (Lipinski definition) is 6. The van der Waals surface area contributed by atoms with Gasteiger partial charge in [0.25, 0.3) is 5.89 Å². The van der Waals surface area contributed by atoms with Crippen LogP contribution >= 0.6 is 0 Å². The molecule has 3 rings (SSSR count). The van der Waals surface area contributed by atoms with Crippen molar-refractivity contribution in [1.29, 1.82) is 0 Å². The zero-order valence-electron chi connectivity index (χ0n) is 10.6. The van der Waals surface area contributed by atoms with E-state index in [1.165, 1.54) is 0 Å². The highest BCUT2D eigenvalue weighted by Gasteiger charge is 2.29. The van der Waals surface area contributed by atoms with E-state index in [-0.39, 0.29) is 12.2 Å². The van der Waals surface area contributed by atoms with Crippen molar-refractivity contribution in [2.24, 2.45) is 5.73 Å². The monoisotopic (exact) mass is 261 g/mol. The maximum atomic E-state index is 5.80. The summed E-state index contributed by atoms with van der Waals surface area (Å²) in [5.41, 5.74) is 6.72. The molecular weight excluding hydrogens is 246 g/mol. The van der Waals surface area contributed by atoms with Gasteiger partial charge in [-0.05, 0) is 11.6 Å². The highest BCUT2D eigenvalue weighted by atomic mass is 16.5. The van der Waals surface area contributed by atoms with Gasteiger partial charge in [-0.1, -0.05) is 23.4 Å². The van der Waals surface area contributed by atoms with Crippen LogP contribution in [0.1, 0.15) is 29.5 Å². The van der Waals surface area contributed by atoms with E-state index in [4.69, 9.17) is 19.7 Å². The van der Waals surface area contributed by atoms with Crippen molar-refractivity contribution < 1.29 is 14.0 Å². The molecule has 1 aliphatic heterocycles. The van der Waals surface area contributed by atoms with Crippen LogP contribution in [-0.4, -0.2) is 23.8 Å². The van der Waals surface area contributed by atoms with Crippen LogP contribution in [0.5, 0.6) is 5.75 Å². The minimum Gasteiger partial charge on any atom is -0.482 e. The molecule has 0 fully saturated rings. The Labute approximate surface area is 110 Å². The van der Waals surface area contributed by atoms with Gasteiger partial charge in [-0.2, -0.15) is 4.98 Å². The summed E-state index contributed by atoms with van der Waals surface area (Å²) in [7, 11) is 1.56. The molecule has 0 saturated carbocycles. The maximum Gasteiger partial charge on any atom is 0.257 e. The molecule has 2 heterocycles. The van der Waals surface area contributed by atoms with Crippen molar-refractivity contribution in [3.05, 3.63) is 41.5 Å². The predicted octanol–water partition coefficient (Wildman–Crippen LogP) is 1.39. The number of benzene rings is 1. The van der Waals surface area contributed by atoms with E-state index in [1.807, 2.05) is 24.3 Å². The molecule has 2 unspecified atom stereocenters. The highest BCUT2D eigenvalue weighted by Crippen LogP contribution is 2.35. The molecule has 0 saturated heterocycles. The summed E-state index contributed by atoms with van der Waals surface area (Å²) in [5, 5.41) is 3.95. The van der Waals surface area contributed by atoms with Crippen LogP contribution < -0.4 is 10.5 Å². The lowest BCUT2D eigenvalue weighted by atomic mass is 10.1. The Hall–Kier alpha value is -1.92. The van der Waals surface area contributed by atoms with Gasteiger partial charge in [0, 0.05) is 20.1 Å². The fourth-order valence-electron chi connectivity index (χ4n) is 2.13. The number of nitrogens with zero attached hydrogens (tertiary/aromatic N) is 2. The molecule has 19 heavy (non-hydrogen) atoms. The highest BCUT2D eigenvalue weighted by molar-refractivity contribution is 5.37. The van der Waals surface area contributed by atoms with Gasteiger partial charge in [0.15, 0.2) is 6.10 Å². The molecule has 0 amide bonds. The van der Waals surface area contributed by atoms with Gasteiger partial charge in [-0.25, -0.2) is 0 Å². The quantitative estimate of drug-likeness (QED) is 0.895. The third-order valence-corrected chi connectivity index (χ3v) is 3.17. The maximum absolute atomic E-state index is 5.80. The standard InChI is InChI=1S/C13H15N3O3/c1-17-11(7-14)13-15-12(16-19-13)10-6-8-4-2-3-5-9(8)18-10/h2-5,10-11H,6-7,14H2,1H3. The van der Waals surface area contributed by atoms with Crippen molar-refractivity contribution in [2.45, 2.75) is 18.6 Å². The first-order valence-corrected chi connectivity index (χ1v) is 6.12. The van der Waals surface area contributed by atoms with E-state index in [9.17, 15) is 0 Å². The van der Waals surface area contributed by atoms with E-state index >= 15 is 0 Å². The zero-order chi connectivity index (χ0) is 13.2. The fourth-order valence-corrected chi connectivity index (χ4v) is 2.13. The third-order valence-electron chi connectivity index (χ3n) is 3.17. The molecule has 0 bridgehead atoms. The Morgan fingerprint density at radius 3 is 3.05 bits per heavy atom. The van der Waals surface area contributed by atoms with Gasteiger partial charge in [-0.15, -0.1) is 0 Å². The summed E-state index contributed by atoms with van der Waals surface area (Å²) in [6.45, 7) is 0.296. The van der Waals surface area contributed by atoms with Crippen molar-refractivity contribution >= 4 is 0 Å². The first-order chi connectivity index (χ1) is 9.31. The Balaban J connectivity index is 1.79. The van der Waals surface area contributed by atoms with Gasteiger partial charge in [0.1, 0.15) is 11.9 Å². The summed E-state index contributed by atoms with van der Waals surface area (Å²) in [5.74, 6) is 1.79. The van der Waals surface area contributed by atoms with Gasteiger partial charge in [-0.3, -0.25) is 0 Å². The predicted molar refractivity (Wildman–Crippen MR) is 66.6 cm³/mol. The summed E-state index contributed by atoms with van der Waals surface area (Å²) < 4.78 is 16.1. The molecule has 6 nitrogen and oxygen atoms in total. The lowest BCUT2D eigenvalue weighted by molar-refractivity contribution is 0.0803. The second-order valence-corrected chi connectivity index (χ2v) is 4.37. The zero-order valence-corrected chi connectivity index (χ0v) is 10.6. The lowest BCUT2D eigenvalue weighted by Gasteiger charge is -2.06. The van der Waals surface area contributed by atoms with Gasteiger partial charge < -0.3 is 19.7 Å². The van der Waals surface area contributed by atoms with E-state index in [0.717, 1.165) is 17.7 Å². The topological polar surface area (TPSA) is 83.4 Å². The smallest absolute Gasteiger partial charge is 0.257 e. The van der Waals surface area contributed by atoms with Crippen LogP contribution in [0.4, 0.5) is 0 Å². The number of para-hydroxylation sites is 1. The van der Waals surface area contributed by atoms with E-state index in [0.29, 0.717) is 18.3 Å². The Morgan fingerprint density at radius 2 is 2.32 bits per heavy atom. The molecule has 6 heteroatoms. The van der Waals surface area contributed by atoms with Gasteiger partial charge in [0.05, 0.1) is 0 Å². The molecule has 0 radical (unpaired) electrons. The summed E-state index contributed by atoms with van der Waals surface area (Å²) >= 11 is 0. The molecule has 1 aliphatic rings. The summed E-state index contributed by atoms with van der Waals surface area (Å²) in [6, 6.07) is 7.90. The number of methoxy groups -OCH3 is 1. The number of aromatic nitrogens is 2. The Bertz CT molecular complexity index is 541. The van der Waals surface area contributed by atoms with Crippen LogP contribution in [0.15, 0.2) is 28.8 Å². The van der Waals surface area contributed by atoms with Crippen LogP contribution in [0.3, 0.4) is 0 Å². The van der Waals surface area contributed by atoms with Crippen molar-refractivity contribution in [3.63, 3.8) is 0 Å². The van der Waals surface area contributed by atoms with Crippen LogP contribution in [-0.2, 0) is 11.2 Å².